The second-order valence-corrected chi connectivity index (χ2v) is 18.0. The monoisotopic (exact) mass is 850 g/mol. The fourth-order valence-corrected chi connectivity index (χ4v) is 9.28. The van der Waals surface area contributed by atoms with Gasteiger partial charge in [-0.15, -0.1) is 0 Å². The number of hydrogen-bond acceptors (Lipinski definition) is 6. The predicted octanol–water partition coefficient (Wildman–Crippen LogP) is 10.5. The van der Waals surface area contributed by atoms with Crippen LogP contribution in [0.4, 0.5) is 0 Å². The van der Waals surface area contributed by atoms with E-state index < -0.39 is 12.1 Å². The fraction of sp³-hybridized carbons (Fsp3) is 0.440. The summed E-state index contributed by atoms with van der Waals surface area (Å²) in [7, 11) is 2.90. The van der Waals surface area contributed by atoms with Crippen molar-refractivity contribution in [3.8, 4) is 0 Å². The average molecular weight is 851 g/mol. The highest BCUT2D eigenvalue weighted by Gasteiger charge is 2.29. The molecule has 0 saturated carbocycles. The molecule has 4 rings (SSSR count). The number of benzene rings is 4. The summed E-state index contributed by atoms with van der Waals surface area (Å²) in [6.45, 7) is 5.93. The first kappa shape index (κ1) is 48.1. The molecule has 4 aromatic rings. The van der Waals surface area contributed by atoms with Crippen molar-refractivity contribution >= 4 is 45.2 Å². The second-order valence-electron chi connectivity index (χ2n) is 15.5. The van der Waals surface area contributed by atoms with Gasteiger partial charge >= 0.3 is 0 Å². The van der Waals surface area contributed by atoms with Crippen molar-refractivity contribution in [2.75, 3.05) is 11.5 Å². The highest BCUT2D eigenvalue weighted by molar-refractivity contribution is 8.76. The molecule has 8 nitrogen and oxygen atoms in total. The molecule has 2 N–H and O–H groups in total. The van der Waals surface area contributed by atoms with Crippen LogP contribution in [-0.2, 0) is 45.4 Å². The van der Waals surface area contributed by atoms with Crippen LogP contribution < -0.4 is 10.6 Å². The number of nitrogens with zero attached hydrogens (tertiary/aromatic N) is 2. The lowest BCUT2D eigenvalue weighted by Gasteiger charge is -2.29. The van der Waals surface area contributed by atoms with E-state index in [1.54, 1.807) is 0 Å². The lowest BCUT2D eigenvalue weighted by atomic mass is 10.1. The Labute approximate surface area is 367 Å². The Kier molecular flexibility index (Phi) is 23.1. The van der Waals surface area contributed by atoms with E-state index >= 15 is 0 Å². The molecule has 0 spiro atoms. The van der Waals surface area contributed by atoms with E-state index in [-0.39, 0.29) is 23.6 Å². The molecule has 4 aromatic carbocycles. The number of unbranched alkanes of at least 4 members (excludes halogenated alkanes) is 8. The van der Waals surface area contributed by atoms with Gasteiger partial charge < -0.3 is 20.4 Å². The van der Waals surface area contributed by atoms with E-state index in [4.69, 9.17) is 0 Å². The molecule has 0 fully saturated rings. The van der Waals surface area contributed by atoms with E-state index in [0.717, 1.165) is 86.5 Å². The summed E-state index contributed by atoms with van der Waals surface area (Å²) in [5.41, 5.74) is 4.01. The van der Waals surface area contributed by atoms with Crippen LogP contribution in [0.2, 0.25) is 0 Å². The Bertz CT molecular complexity index is 1580. The van der Waals surface area contributed by atoms with Crippen molar-refractivity contribution in [3.63, 3.8) is 0 Å². The van der Waals surface area contributed by atoms with Crippen molar-refractivity contribution in [1.82, 2.24) is 20.4 Å². The Balaban J connectivity index is 1.52. The molecule has 0 saturated heterocycles. The predicted molar refractivity (Wildman–Crippen MR) is 250 cm³/mol. The number of amides is 4. The minimum Gasteiger partial charge on any atom is -0.343 e. The number of hydrogen-bond donors (Lipinski definition) is 2. The van der Waals surface area contributed by atoms with E-state index in [1.165, 1.54) is 21.6 Å². The van der Waals surface area contributed by atoms with E-state index in [9.17, 15) is 19.2 Å². The highest BCUT2D eigenvalue weighted by atomic mass is 33.1. The van der Waals surface area contributed by atoms with Crippen molar-refractivity contribution < 1.29 is 19.2 Å². The number of carbonyl (C=O) groups excluding carboxylic acids is 4. The van der Waals surface area contributed by atoms with Gasteiger partial charge in [0.25, 0.3) is 0 Å². The second kappa shape index (κ2) is 28.8. The van der Waals surface area contributed by atoms with Crippen LogP contribution in [0.1, 0.15) is 113 Å². The van der Waals surface area contributed by atoms with Crippen LogP contribution in [0.25, 0.3) is 0 Å². The Hall–Kier alpha value is -4.54. The summed E-state index contributed by atoms with van der Waals surface area (Å²) in [4.78, 5) is 59.6. The molecule has 1 unspecified atom stereocenters. The maximum atomic E-state index is 14.6. The van der Waals surface area contributed by atoms with Crippen molar-refractivity contribution in [3.05, 3.63) is 144 Å². The van der Waals surface area contributed by atoms with Crippen LogP contribution in [0.15, 0.2) is 121 Å². The van der Waals surface area contributed by atoms with Gasteiger partial charge in [-0.1, -0.05) is 208 Å². The maximum Gasteiger partial charge on any atom is 0.246 e. The van der Waals surface area contributed by atoms with Gasteiger partial charge in [-0.25, -0.2) is 0 Å². The van der Waals surface area contributed by atoms with E-state index in [0.29, 0.717) is 50.5 Å². The molecule has 0 heterocycles. The summed E-state index contributed by atoms with van der Waals surface area (Å²) < 4.78 is 0. The third-order valence-corrected chi connectivity index (χ3v) is 12.7. The molecule has 322 valence electrons. The van der Waals surface area contributed by atoms with Crippen molar-refractivity contribution in [2.24, 2.45) is 0 Å². The Morgan fingerprint density at radius 2 is 0.717 bits per heavy atom. The van der Waals surface area contributed by atoms with E-state index in [2.05, 4.69) is 24.5 Å². The Morgan fingerprint density at radius 1 is 0.433 bits per heavy atom. The zero-order valence-corrected chi connectivity index (χ0v) is 37.4. The standard InChI is InChI=1S/C50H66N4O4S2/c1-3-5-7-9-23-33-47(55)51-45(49(57)53(35-41-25-15-11-16-26-41)36-42-27-17-12-18-28-42)39-59-60-40-46(52-48(56)34-24-10-8-6-4-2)50(58)54(37-43-29-19-13-20-30-43)38-44-31-21-14-22-32-44/h11-22,25-32,45-46H,3-10,23-24,33-40H2,1-2H3,(H,51,55)(H,52,56)/t45-,46?/m0/s1. The topological polar surface area (TPSA) is 98.8 Å². The van der Waals surface area contributed by atoms with Crippen LogP contribution in [-0.4, -0.2) is 57.0 Å². The minimum absolute atomic E-state index is 0.133. The maximum absolute atomic E-state index is 14.6. The normalized spacial score (nSPS) is 12.0. The molecule has 10 heteroatoms. The van der Waals surface area contributed by atoms with Gasteiger partial charge in [-0.05, 0) is 35.1 Å². The molecule has 0 aliphatic heterocycles. The fourth-order valence-electron chi connectivity index (χ4n) is 6.97. The zero-order valence-electron chi connectivity index (χ0n) is 35.8. The molecule has 0 aromatic heterocycles. The average Bonchev–Trinajstić information content (AvgIpc) is 3.27. The zero-order chi connectivity index (χ0) is 42.6. The smallest absolute Gasteiger partial charge is 0.246 e. The number of carbonyl (C=O) groups is 4. The van der Waals surface area contributed by atoms with Crippen molar-refractivity contribution in [1.29, 1.82) is 0 Å². The first-order valence-corrected chi connectivity index (χ1v) is 24.4. The molecule has 2 atom stereocenters. The van der Waals surface area contributed by atoms with E-state index in [1.807, 2.05) is 131 Å². The summed E-state index contributed by atoms with van der Waals surface area (Å²) in [5, 5.41) is 6.21. The number of nitrogens with one attached hydrogen (secondary N) is 2. The van der Waals surface area contributed by atoms with Crippen molar-refractivity contribution in [2.45, 2.75) is 129 Å². The lowest BCUT2D eigenvalue weighted by molar-refractivity contribution is -0.137. The molecule has 60 heavy (non-hydrogen) atoms. The van der Waals surface area contributed by atoms with Crippen LogP contribution >= 0.6 is 21.6 Å². The van der Waals surface area contributed by atoms with Gasteiger partial charge in [-0.3, -0.25) is 19.2 Å². The molecule has 4 amide bonds. The summed E-state index contributed by atoms with van der Waals surface area (Å²) in [5.74, 6) is 0.0230. The third-order valence-electron chi connectivity index (χ3n) is 10.3. The lowest BCUT2D eigenvalue weighted by Crippen LogP contribution is -2.50. The van der Waals surface area contributed by atoms with Gasteiger partial charge in [0, 0.05) is 50.5 Å². The molecular weight excluding hydrogens is 785 g/mol. The summed E-state index contributed by atoms with van der Waals surface area (Å²) >= 11 is 0. The first-order chi connectivity index (χ1) is 29.4. The van der Waals surface area contributed by atoms with Gasteiger partial charge in [0.2, 0.25) is 23.6 Å². The molecule has 0 aliphatic carbocycles. The molecule has 0 radical (unpaired) electrons. The number of rotatable bonds is 29. The third kappa shape index (κ3) is 18.8. The quantitative estimate of drug-likeness (QED) is 0.0417. The van der Waals surface area contributed by atoms with Gasteiger partial charge in [0.05, 0.1) is 0 Å². The van der Waals surface area contributed by atoms with Crippen LogP contribution in [0, 0.1) is 0 Å². The molecular formula is C50H66N4O4S2. The van der Waals surface area contributed by atoms with Crippen LogP contribution in [0.5, 0.6) is 0 Å². The summed E-state index contributed by atoms with van der Waals surface area (Å²) in [6, 6.07) is 38.1. The minimum atomic E-state index is -0.780. The van der Waals surface area contributed by atoms with Crippen LogP contribution in [0.3, 0.4) is 0 Å². The first-order valence-electron chi connectivity index (χ1n) is 21.9. The van der Waals surface area contributed by atoms with Gasteiger partial charge in [0.1, 0.15) is 12.1 Å². The molecule has 0 bridgehead atoms. The SMILES string of the molecule is CCCCCCCC(=O)NC(CSSC[C@H](NC(=O)CCCCCCC)C(=O)N(Cc1ccccc1)Cc1ccccc1)C(=O)N(Cc1ccccc1)Cc1ccccc1. The largest absolute Gasteiger partial charge is 0.343 e. The molecule has 0 aliphatic rings. The van der Waals surface area contributed by atoms with Gasteiger partial charge in [0.15, 0.2) is 0 Å². The highest BCUT2D eigenvalue weighted by Crippen LogP contribution is 2.26. The van der Waals surface area contributed by atoms with Gasteiger partial charge in [-0.2, -0.15) is 0 Å². The summed E-state index contributed by atoms with van der Waals surface area (Å²) in [6.07, 6.45) is 10.9. The Morgan fingerprint density at radius 3 is 1.00 bits per heavy atom.